The first-order chi connectivity index (χ1) is 10.9. The van der Waals surface area contributed by atoms with Crippen LogP contribution in [0.25, 0.3) is 11.2 Å². The summed E-state index contributed by atoms with van der Waals surface area (Å²) >= 11 is 0. The van der Waals surface area contributed by atoms with Gasteiger partial charge in [-0.15, -0.1) is 6.58 Å². The van der Waals surface area contributed by atoms with Gasteiger partial charge < -0.3 is 30.1 Å². The lowest BCUT2D eigenvalue weighted by Gasteiger charge is -2.08. The van der Waals surface area contributed by atoms with Crippen LogP contribution in [0.1, 0.15) is 6.42 Å². The van der Waals surface area contributed by atoms with Gasteiger partial charge in [-0.1, -0.05) is 6.08 Å². The number of nitrogens with two attached hydrogens (primary N) is 1. The highest BCUT2D eigenvalue weighted by Gasteiger charge is 2.14. The molecule has 0 spiro atoms. The fraction of sp³-hybridized carbons (Fsp3) is 0.417. The summed E-state index contributed by atoms with van der Waals surface area (Å²) in [5, 5.41) is 3.12. The first kappa shape index (κ1) is 17.4. The van der Waals surface area contributed by atoms with Crippen LogP contribution in [0.5, 0.6) is 0 Å². The van der Waals surface area contributed by atoms with Crippen molar-refractivity contribution in [2.24, 2.45) is 0 Å². The van der Waals surface area contributed by atoms with Gasteiger partial charge in [0, 0.05) is 13.1 Å². The van der Waals surface area contributed by atoms with Gasteiger partial charge >= 0.3 is 7.60 Å². The molecule has 0 aliphatic carbocycles. The third-order valence-corrected chi connectivity index (χ3v) is 3.38. The lowest BCUT2D eigenvalue weighted by Crippen LogP contribution is -2.09. The Hall–Kier alpha value is -2.00. The minimum Gasteiger partial charge on any atom is -0.368 e. The van der Waals surface area contributed by atoms with E-state index in [0.29, 0.717) is 30.1 Å². The highest BCUT2D eigenvalue weighted by molar-refractivity contribution is 7.51. The number of anilines is 2. The zero-order valence-electron chi connectivity index (χ0n) is 12.4. The molecule has 0 amide bonds. The van der Waals surface area contributed by atoms with Crippen LogP contribution in [0.3, 0.4) is 0 Å². The lowest BCUT2D eigenvalue weighted by atomic mass is 10.4. The van der Waals surface area contributed by atoms with Gasteiger partial charge in [0.1, 0.15) is 6.35 Å². The maximum atomic E-state index is 10.7. The molecule has 0 aliphatic rings. The van der Waals surface area contributed by atoms with E-state index in [4.69, 9.17) is 20.3 Å². The van der Waals surface area contributed by atoms with Gasteiger partial charge in [0.25, 0.3) is 0 Å². The van der Waals surface area contributed by atoms with E-state index in [-0.39, 0.29) is 12.6 Å². The average Bonchev–Trinajstić information content (AvgIpc) is 2.86. The fourth-order valence-corrected chi connectivity index (χ4v) is 2.25. The normalized spacial score (nSPS) is 11.7. The maximum absolute atomic E-state index is 10.7. The summed E-state index contributed by atoms with van der Waals surface area (Å²) in [5.74, 6) is 0.640. The molecule has 11 heteroatoms. The van der Waals surface area contributed by atoms with E-state index in [1.165, 1.54) is 0 Å². The summed E-state index contributed by atoms with van der Waals surface area (Å²) in [6, 6.07) is 0. The molecule has 0 aromatic carbocycles. The Morgan fingerprint density at radius 2 is 2.26 bits per heavy atom. The summed E-state index contributed by atoms with van der Waals surface area (Å²) in [5.41, 5.74) is 6.81. The summed E-state index contributed by atoms with van der Waals surface area (Å²) in [6.07, 6.45) is 3.48. The third kappa shape index (κ3) is 5.00. The molecule has 0 atom stereocenters. The van der Waals surface area contributed by atoms with Crippen molar-refractivity contribution in [2.75, 3.05) is 30.6 Å². The molecule has 23 heavy (non-hydrogen) atoms. The second-order valence-electron chi connectivity index (χ2n) is 4.75. The number of hydrogen-bond donors (Lipinski definition) is 4. The number of nitrogens with zero attached hydrogens (tertiary/aromatic N) is 4. The summed E-state index contributed by atoms with van der Waals surface area (Å²) in [4.78, 5) is 30.0. The monoisotopic (exact) mass is 342 g/mol. The molecule has 2 aromatic heterocycles. The van der Waals surface area contributed by atoms with Crippen LogP contribution >= 0.6 is 7.60 Å². The van der Waals surface area contributed by atoms with E-state index in [1.807, 2.05) is 0 Å². The van der Waals surface area contributed by atoms with Crippen molar-refractivity contribution in [3.05, 3.63) is 19.0 Å². The second kappa shape index (κ2) is 7.51. The van der Waals surface area contributed by atoms with Crippen molar-refractivity contribution in [3.8, 4) is 0 Å². The van der Waals surface area contributed by atoms with Gasteiger partial charge in [-0.25, -0.2) is 4.98 Å². The van der Waals surface area contributed by atoms with Crippen LogP contribution < -0.4 is 11.1 Å². The number of aromatic nitrogens is 4. The topological polar surface area (TPSA) is 148 Å². The molecule has 0 unspecified atom stereocenters. The molecule has 0 radical (unpaired) electrons. The molecule has 0 aliphatic heterocycles. The van der Waals surface area contributed by atoms with Crippen molar-refractivity contribution in [2.45, 2.75) is 13.0 Å². The zero-order chi connectivity index (χ0) is 16.9. The second-order valence-corrected chi connectivity index (χ2v) is 6.33. The smallest absolute Gasteiger partial charge is 0.350 e. The average molecular weight is 342 g/mol. The van der Waals surface area contributed by atoms with Gasteiger partial charge in [-0.2, -0.15) is 9.97 Å². The minimum atomic E-state index is -4.16. The highest BCUT2D eigenvalue weighted by Crippen LogP contribution is 2.33. The Morgan fingerprint density at radius 3 is 2.96 bits per heavy atom. The Labute approximate surface area is 132 Å². The van der Waals surface area contributed by atoms with Crippen LogP contribution in [0, 0.1) is 0 Å². The van der Waals surface area contributed by atoms with E-state index in [2.05, 4.69) is 26.8 Å². The fourth-order valence-electron chi connectivity index (χ4n) is 1.89. The standard InChI is InChI=1S/C12H19N6O4P/c1-2-3-4-14-10-9-11(17-12(13)16-10)18(7-15-9)5-6-22-8-23(19,20)21/h2,7H,1,3-6,8H2,(H2,19,20,21)(H3,13,14,16,17). The summed E-state index contributed by atoms with van der Waals surface area (Å²) in [7, 11) is -4.16. The molecule has 2 heterocycles. The van der Waals surface area contributed by atoms with Crippen molar-refractivity contribution in [1.82, 2.24) is 19.5 Å². The van der Waals surface area contributed by atoms with Crippen molar-refractivity contribution in [1.29, 1.82) is 0 Å². The maximum Gasteiger partial charge on any atom is 0.350 e. The molecule has 2 aromatic rings. The molecular formula is C12H19N6O4P. The van der Waals surface area contributed by atoms with Crippen molar-refractivity contribution >= 4 is 30.5 Å². The first-order valence-electron chi connectivity index (χ1n) is 6.86. The third-order valence-electron chi connectivity index (χ3n) is 2.86. The summed E-state index contributed by atoms with van der Waals surface area (Å²) < 4.78 is 17.4. The molecule has 0 fully saturated rings. The molecule has 0 bridgehead atoms. The Kier molecular flexibility index (Phi) is 5.67. The minimum absolute atomic E-state index is 0.108. The largest absolute Gasteiger partial charge is 0.368 e. The Bertz CT molecular complexity index is 728. The highest BCUT2D eigenvalue weighted by atomic mass is 31.2. The zero-order valence-corrected chi connectivity index (χ0v) is 13.3. The molecule has 0 saturated carbocycles. The number of imidazole rings is 1. The molecule has 126 valence electrons. The Morgan fingerprint density at radius 1 is 1.48 bits per heavy atom. The number of nitrogens with one attached hydrogen (secondary N) is 1. The lowest BCUT2D eigenvalue weighted by molar-refractivity contribution is 0.149. The van der Waals surface area contributed by atoms with E-state index in [1.54, 1.807) is 17.0 Å². The van der Waals surface area contributed by atoms with Gasteiger partial charge in [-0.05, 0) is 6.42 Å². The van der Waals surface area contributed by atoms with Crippen LogP contribution in [0.4, 0.5) is 11.8 Å². The molecule has 5 N–H and O–H groups in total. The molecule has 2 rings (SSSR count). The van der Waals surface area contributed by atoms with Crippen LogP contribution in [-0.2, 0) is 15.8 Å². The van der Waals surface area contributed by atoms with Gasteiger partial charge in [0.15, 0.2) is 17.0 Å². The number of nitrogen functional groups attached to an aromatic ring is 1. The van der Waals surface area contributed by atoms with E-state index in [9.17, 15) is 4.57 Å². The molecule has 10 nitrogen and oxygen atoms in total. The van der Waals surface area contributed by atoms with Gasteiger partial charge in [0.05, 0.1) is 12.9 Å². The van der Waals surface area contributed by atoms with Crippen molar-refractivity contribution < 1.29 is 19.1 Å². The number of hydrogen-bond acceptors (Lipinski definition) is 7. The van der Waals surface area contributed by atoms with Gasteiger partial charge in [0.2, 0.25) is 5.95 Å². The quantitative estimate of drug-likeness (QED) is 0.291. The first-order valence-corrected chi connectivity index (χ1v) is 8.66. The Balaban J connectivity index is 2.09. The predicted molar refractivity (Wildman–Crippen MR) is 85.9 cm³/mol. The number of rotatable bonds is 9. The van der Waals surface area contributed by atoms with E-state index < -0.39 is 13.9 Å². The van der Waals surface area contributed by atoms with E-state index >= 15 is 0 Å². The van der Waals surface area contributed by atoms with Crippen LogP contribution in [0.15, 0.2) is 19.0 Å². The van der Waals surface area contributed by atoms with Crippen molar-refractivity contribution in [3.63, 3.8) is 0 Å². The van der Waals surface area contributed by atoms with E-state index in [0.717, 1.165) is 6.42 Å². The predicted octanol–water partition coefficient (Wildman–Crippen LogP) is 0.548. The van der Waals surface area contributed by atoms with Crippen LogP contribution in [0.2, 0.25) is 0 Å². The summed E-state index contributed by atoms with van der Waals surface area (Å²) in [6.45, 7) is 4.74. The molecule has 0 saturated heterocycles. The number of ether oxygens (including phenoxy) is 1. The SMILES string of the molecule is C=CCCNc1nc(N)nc2c1ncn2CCOCP(=O)(O)O. The molecular weight excluding hydrogens is 323 g/mol. The van der Waals surface area contributed by atoms with Crippen LogP contribution in [-0.4, -0.2) is 48.8 Å². The number of fused-ring (bicyclic) bond motifs is 1. The van der Waals surface area contributed by atoms with Gasteiger partial charge in [-0.3, -0.25) is 4.57 Å².